The number of hydrogen-bond acceptors (Lipinski definition) is 8. The molecule has 278 valence electrons. The lowest BCUT2D eigenvalue weighted by Crippen LogP contribution is -2.48. The SMILES string of the molecule is Cc1noc(C)c1NC(=O)Nc1ccc2c(c1)C(=O)N([C@H](C)CO)C[C@H](C)[C@H](CN(C)C(=O)Nc1cccc3ccccc13)OCCCC[C@@H](C)O2. The average Bonchev–Trinajstić information content (AvgIpc) is 3.44. The van der Waals surface area contributed by atoms with Gasteiger partial charge in [-0.15, -0.1) is 0 Å². The van der Waals surface area contributed by atoms with E-state index in [1.165, 1.54) is 0 Å². The van der Waals surface area contributed by atoms with Gasteiger partial charge >= 0.3 is 12.1 Å². The number of carbonyl (C=O) groups is 3. The summed E-state index contributed by atoms with van der Waals surface area (Å²) in [6, 6.07) is 17.3. The third-order valence-electron chi connectivity index (χ3n) is 9.41. The lowest BCUT2D eigenvalue weighted by Gasteiger charge is -2.35. The third-order valence-corrected chi connectivity index (χ3v) is 9.41. The van der Waals surface area contributed by atoms with Gasteiger partial charge < -0.3 is 44.9 Å². The van der Waals surface area contributed by atoms with E-state index in [-0.39, 0.29) is 49.2 Å². The summed E-state index contributed by atoms with van der Waals surface area (Å²) < 4.78 is 17.9. The highest BCUT2D eigenvalue weighted by molar-refractivity contribution is 6.03. The second-order valence-corrected chi connectivity index (χ2v) is 13.6. The van der Waals surface area contributed by atoms with Crippen LogP contribution in [0.15, 0.2) is 65.2 Å². The summed E-state index contributed by atoms with van der Waals surface area (Å²) in [4.78, 5) is 44.1. The molecule has 0 bridgehead atoms. The van der Waals surface area contributed by atoms with E-state index in [0.29, 0.717) is 40.9 Å². The molecule has 4 aromatic rings. The van der Waals surface area contributed by atoms with Gasteiger partial charge in [-0.05, 0) is 76.6 Å². The lowest BCUT2D eigenvalue weighted by atomic mass is 10.0. The summed E-state index contributed by atoms with van der Waals surface area (Å²) in [5.41, 5.74) is 2.34. The van der Waals surface area contributed by atoms with Gasteiger partial charge in [-0.2, -0.15) is 0 Å². The number of hydrogen-bond donors (Lipinski definition) is 4. The standard InChI is InChI=1S/C39H50N6O7/c1-24-21-45(25(2)23-46)37(47)32-20-30(40-38(48)42-36-27(4)43-52-28(36)5)17-18-34(32)51-26(3)12-9-10-19-50-35(24)22-44(6)39(49)41-33-16-11-14-29-13-7-8-15-31(29)33/h7-8,11,13-18,20,24-26,35,46H,9-10,12,19,21-23H2,1-6H3,(H,41,49)(H2,40,42,48)/t24-,25+,26+,35-/m0/s1. The van der Waals surface area contributed by atoms with Crippen LogP contribution >= 0.6 is 0 Å². The van der Waals surface area contributed by atoms with Crippen molar-refractivity contribution in [1.82, 2.24) is 15.0 Å². The quantitative estimate of drug-likeness (QED) is 0.159. The predicted octanol–water partition coefficient (Wildman–Crippen LogP) is 7.05. The summed E-state index contributed by atoms with van der Waals surface area (Å²) in [5.74, 6) is 0.241. The second-order valence-electron chi connectivity index (χ2n) is 13.6. The number of rotatable bonds is 7. The fourth-order valence-corrected chi connectivity index (χ4v) is 6.30. The molecule has 0 aliphatic carbocycles. The summed E-state index contributed by atoms with van der Waals surface area (Å²) in [5, 5.41) is 24.7. The van der Waals surface area contributed by atoms with Crippen LogP contribution in [0.1, 0.15) is 61.8 Å². The zero-order chi connectivity index (χ0) is 37.4. The largest absolute Gasteiger partial charge is 0.490 e. The molecule has 2 heterocycles. The topological polar surface area (TPSA) is 158 Å². The Labute approximate surface area is 304 Å². The molecular formula is C39H50N6O7. The van der Waals surface area contributed by atoms with Crippen LogP contribution in [0.5, 0.6) is 5.75 Å². The predicted molar refractivity (Wildman–Crippen MR) is 201 cm³/mol. The van der Waals surface area contributed by atoms with Gasteiger partial charge in [-0.3, -0.25) is 4.79 Å². The number of aliphatic hydroxyl groups excluding tert-OH is 1. The number of aliphatic hydroxyl groups is 1. The Hall–Kier alpha value is -5.14. The van der Waals surface area contributed by atoms with E-state index >= 15 is 0 Å². The molecule has 0 saturated heterocycles. The van der Waals surface area contributed by atoms with Crippen molar-refractivity contribution in [3.63, 3.8) is 0 Å². The highest BCUT2D eigenvalue weighted by atomic mass is 16.5. The minimum atomic E-state index is -0.555. The molecule has 13 heteroatoms. The lowest BCUT2D eigenvalue weighted by molar-refractivity contribution is -0.0115. The van der Waals surface area contributed by atoms with E-state index in [0.717, 1.165) is 30.0 Å². The Morgan fingerprint density at radius 1 is 1.04 bits per heavy atom. The first-order valence-corrected chi connectivity index (χ1v) is 17.8. The number of amides is 5. The van der Waals surface area contributed by atoms with Gasteiger partial charge in [-0.1, -0.05) is 48.5 Å². The highest BCUT2D eigenvalue weighted by Crippen LogP contribution is 2.29. The smallest absolute Gasteiger partial charge is 0.323 e. The molecule has 0 spiro atoms. The molecule has 1 aliphatic heterocycles. The number of aromatic nitrogens is 1. The zero-order valence-electron chi connectivity index (χ0n) is 30.8. The van der Waals surface area contributed by atoms with Crippen LogP contribution in [-0.2, 0) is 4.74 Å². The monoisotopic (exact) mass is 714 g/mol. The van der Waals surface area contributed by atoms with Gasteiger partial charge in [0.1, 0.15) is 17.1 Å². The summed E-state index contributed by atoms with van der Waals surface area (Å²) in [6.45, 7) is 9.83. The number of nitrogens with one attached hydrogen (secondary N) is 3. The first kappa shape index (κ1) is 38.1. The van der Waals surface area contributed by atoms with Gasteiger partial charge in [-0.25, -0.2) is 9.59 Å². The van der Waals surface area contributed by atoms with E-state index < -0.39 is 18.2 Å². The number of benzene rings is 3. The van der Waals surface area contributed by atoms with Crippen molar-refractivity contribution in [2.75, 3.05) is 49.3 Å². The van der Waals surface area contributed by atoms with Crippen molar-refractivity contribution in [2.45, 2.75) is 72.1 Å². The molecule has 5 amide bonds. The maximum Gasteiger partial charge on any atom is 0.323 e. The van der Waals surface area contributed by atoms with Gasteiger partial charge in [0.05, 0.1) is 36.1 Å². The Bertz CT molecular complexity index is 1840. The maximum atomic E-state index is 14.5. The zero-order valence-corrected chi connectivity index (χ0v) is 30.8. The normalized spacial score (nSPS) is 19.2. The van der Waals surface area contributed by atoms with E-state index in [4.69, 9.17) is 14.0 Å². The number of anilines is 3. The van der Waals surface area contributed by atoms with Crippen molar-refractivity contribution < 1.29 is 33.5 Å². The van der Waals surface area contributed by atoms with Crippen LogP contribution in [0.3, 0.4) is 0 Å². The van der Waals surface area contributed by atoms with Crippen LogP contribution in [0.25, 0.3) is 10.8 Å². The Morgan fingerprint density at radius 3 is 2.56 bits per heavy atom. The molecule has 13 nitrogen and oxygen atoms in total. The van der Waals surface area contributed by atoms with E-state index in [1.807, 2.05) is 56.3 Å². The Kier molecular flexibility index (Phi) is 12.7. The van der Waals surface area contributed by atoms with Crippen LogP contribution in [0.2, 0.25) is 0 Å². The molecule has 0 fully saturated rings. The number of nitrogens with zero attached hydrogens (tertiary/aromatic N) is 3. The first-order chi connectivity index (χ1) is 24.9. The molecule has 0 radical (unpaired) electrons. The summed E-state index contributed by atoms with van der Waals surface area (Å²) in [6.07, 6.45) is 1.72. The number of likely N-dealkylation sites (N-methyl/N-ethyl adjacent to an activating group) is 1. The molecule has 3 aromatic carbocycles. The second kappa shape index (κ2) is 17.4. The van der Waals surface area contributed by atoms with Crippen LogP contribution < -0.4 is 20.7 Å². The Morgan fingerprint density at radius 2 is 1.81 bits per heavy atom. The van der Waals surface area contributed by atoms with Crippen LogP contribution in [-0.4, -0.2) is 89.6 Å². The minimum absolute atomic E-state index is 0.210. The molecule has 4 atom stereocenters. The fraction of sp³-hybridized carbons (Fsp3) is 0.436. The van der Waals surface area contributed by atoms with Crippen molar-refractivity contribution in [3.05, 3.63) is 77.7 Å². The number of fused-ring (bicyclic) bond motifs is 2. The van der Waals surface area contributed by atoms with E-state index in [9.17, 15) is 19.5 Å². The first-order valence-electron chi connectivity index (χ1n) is 17.8. The Balaban J connectivity index is 1.37. The summed E-state index contributed by atoms with van der Waals surface area (Å²) in [7, 11) is 1.73. The van der Waals surface area contributed by atoms with Crippen molar-refractivity contribution in [2.24, 2.45) is 5.92 Å². The summed E-state index contributed by atoms with van der Waals surface area (Å²) >= 11 is 0. The molecule has 4 N–H and O–H groups in total. The molecule has 0 unspecified atom stereocenters. The van der Waals surface area contributed by atoms with Crippen molar-refractivity contribution >= 4 is 45.8 Å². The number of carbonyl (C=O) groups excluding carboxylic acids is 3. The molecule has 52 heavy (non-hydrogen) atoms. The van der Waals surface area contributed by atoms with Crippen LogP contribution in [0, 0.1) is 19.8 Å². The number of aryl methyl sites for hydroxylation is 2. The average molecular weight is 715 g/mol. The molecule has 0 saturated carbocycles. The molecule has 1 aliphatic rings. The van der Waals surface area contributed by atoms with Gasteiger partial charge in [0.2, 0.25) is 0 Å². The molecular weight excluding hydrogens is 664 g/mol. The van der Waals surface area contributed by atoms with Gasteiger partial charge in [0.25, 0.3) is 5.91 Å². The van der Waals surface area contributed by atoms with E-state index in [2.05, 4.69) is 21.1 Å². The van der Waals surface area contributed by atoms with E-state index in [1.54, 1.807) is 55.8 Å². The van der Waals surface area contributed by atoms with Gasteiger partial charge in [0, 0.05) is 43.7 Å². The maximum absolute atomic E-state index is 14.5. The fourth-order valence-electron chi connectivity index (χ4n) is 6.30. The van der Waals surface area contributed by atoms with Crippen LogP contribution in [0.4, 0.5) is 26.7 Å². The number of ether oxygens (including phenoxy) is 2. The molecule has 1 aromatic heterocycles. The van der Waals surface area contributed by atoms with Crippen molar-refractivity contribution in [3.8, 4) is 5.75 Å². The minimum Gasteiger partial charge on any atom is -0.490 e. The molecule has 5 rings (SSSR count). The number of urea groups is 2. The third kappa shape index (κ3) is 9.39. The van der Waals surface area contributed by atoms with Crippen molar-refractivity contribution in [1.29, 1.82) is 0 Å². The highest BCUT2D eigenvalue weighted by Gasteiger charge is 2.31. The van der Waals surface area contributed by atoms with Gasteiger partial charge in [0.15, 0.2) is 5.76 Å².